The van der Waals surface area contributed by atoms with Gasteiger partial charge in [0.25, 0.3) is 5.91 Å². The summed E-state index contributed by atoms with van der Waals surface area (Å²) in [7, 11) is 0. The molecule has 2 aromatic rings. The van der Waals surface area contributed by atoms with Crippen LogP contribution in [0.4, 0.5) is 0 Å². The molecule has 2 nitrogen and oxygen atoms in total. The molecule has 2 aromatic carbocycles. The van der Waals surface area contributed by atoms with Crippen LogP contribution in [0.3, 0.4) is 0 Å². The molecule has 0 saturated heterocycles. The van der Waals surface area contributed by atoms with Crippen LogP contribution in [0.5, 0.6) is 0 Å². The number of benzene rings is 2. The second-order valence-electron chi connectivity index (χ2n) is 5.07. The highest BCUT2D eigenvalue weighted by Gasteiger charge is 2.22. The minimum absolute atomic E-state index is 0.0143. The number of hydrogen-bond donors (Lipinski definition) is 1. The number of thioether (sulfide) groups is 1. The van der Waals surface area contributed by atoms with Crippen LogP contribution in [0.1, 0.15) is 33.9 Å². The van der Waals surface area contributed by atoms with Crippen molar-refractivity contribution in [1.82, 2.24) is 5.32 Å². The first-order valence-corrected chi connectivity index (χ1v) is 7.82. The molecule has 3 heteroatoms. The second kappa shape index (κ2) is 5.71. The molecule has 0 unspecified atom stereocenters. The van der Waals surface area contributed by atoms with Gasteiger partial charge in [0.15, 0.2) is 0 Å². The van der Waals surface area contributed by atoms with Crippen LogP contribution in [-0.2, 0) is 0 Å². The number of amides is 1. The van der Waals surface area contributed by atoms with E-state index in [1.54, 1.807) is 0 Å². The second-order valence-corrected chi connectivity index (χ2v) is 6.21. The molecule has 1 aliphatic rings. The lowest BCUT2D eigenvalue weighted by molar-refractivity contribution is 0.0935. The summed E-state index contributed by atoms with van der Waals surface area (Å²) in [5, 5.41) is 3.17. The molecule has 1 amide bonds. The Hall–Kier alpha value is -1.74. The van der Waals surface area contributed by atoms with Crippen LogP contribution in [0.25, 0.3) is 0 Å². The third kappa shape index (κ3) is 2.73. The lowest BCUT2D eigenvalue weighted by Gasteiger charge is -2.25. The zero-order valence-electron chi connectivity index (χ0n) is 11.4. The van der Waals surface area contributed by atoms with Crippen molar-refractivity contribution in [2.24, 2.45) is 0 Å². The topological polar surface area (TPSA) is 29.1 Å². The first-order valence-electron chi connectivity index (χ1n) is 6.83. The zero-order valence-corrected chi connectivity index (χ0v) is 12.2. The van der Waals surface area contributed by atoms with E-state index in [0.717, 1.165) is 23.3 Å². The molecule has 1 aliphatic heterocycles. The predicted octanol–water partition coefficient (Wildman–Crippen LogP) is 3.96. The smallest absolute Gasteiger partial charge is 0.251 e. The minimum atomic E-state index is 0.0143. The summed E-state index contributed by atoms with van der Waals surface area (Å²) in [6.07, 6.45) is 0.985. The van der Waals surface area contributed by atoms with E-state index in [0.29, 0.717) is 0 Å². The van der Waals surface area contributed by atoms with Crippen molar-refractivity contribution in [2.45, 2.75) is 24.3 Å². The number of nitrogens with one attached hydrogen (secondary N) is 1. The van der Waals surface area contributed by atoms with Crippen molar-refractivity contribution >= 4 is 17.7 Å². The minimum Gasteiger partial charge on any atom is -0.345 e. The average Bonchev–Trinajstić information content (AvgIpc) is 2.47. The molecule has 0 radical (unpaired) electrons. The molecule has 102 valence electrons. The molecule has 1 N–H and O–H groups in total. The largest absolute Gasteiger partial charge is 0.345 e. The first kappa shape index (κ1) is 13.3. The van der Waals surface area contributed by atoms with Gasteiger partial charge in [-0.25, -0.2) is 0 Å². The highest BCUT2D eigenvalue weighted by Crippen LogP contribution is 2.35. The Morgan fingerprint density at radius 3 is 2.90 bits per heavy atom. The van der Waals surface area contributed by atoms with Crippen LogP contribution < -0.4 is 5.32 Å². The molecule has 0 bridgehead atoms. The van der Waals surface area contributed by atoms with Crippen LogP contribution >= 0.6 is 11.8 Å². The Kier molecular flexibility index (Phi) is 3.79. The SMILES string of the molecule is Cc1cccc(C(=O)N[C@H]2CCSc3ccccc32)c1. The number of rotatable bonds is 2. The van der Waals surface area contributed by atoms with Gasteiger partial charge in [0, 0.05) is 16.2 Å². The molecule has 1 atom stereocenters. The fourth-order valence-corrected chi connectivity index (χ4v) is 3.65. The van der Waals surface area contributed by atoms with Crippen molar-refractivity contribution in [1.29, 1.82) is 0 Å². The maximum Gasteiger partial charge on any atom is 0.251 e. The van der Waals surface area contributed by atoms with E-state index in [1.165, 1.54) is 10.5 Å². The number of carbonyl (C=O) groups is 1. The van der Waals surface area contributed by atoms with Gasteiger partial charge in [-0.15, -0.1) is 11.8 Å². The normalized spacial score (nSPS) is 17.4. The summed E-state index contributed by atoms with van der Waals surface area (Å²) in [6, 6.07) is 16.2. The molecule has 0 spiro atoms. The van der Waals surface area contributed by atoms with Crippen LogP contribution in [0.2, 0.25) is 0 Å². The average molecular weight is 283 g/mol. The fraction of sp³-hybridized carbons (Fsp3) is 0.235. The van der Waals surface area contributed by atoms with Crippen LogP contribution in [0, 0.1) is 6.92 Å². The van der Waals surface area contributed by atoms with E-state index < -0.39 is 0 Å². The Bertz CT molecular complexity index is 638. The number of hydrogen-bond acceptors (Lipinski definition) is 2. The first-order chi connectivity index (χ1) is 9.74. The molecule has 0 fully saturated rings. The molecular weight excluding hydrogens is 266 g/mol. The summed E-state index contributed by atoms with van der Waals surface area (Å²) in [4.78, 5) is 13.6. The van der Waals surface area contributed by atoms with E-state index in [2.05, 4.69) is 23.5 Å². The Balaban J connectivity index is 1.81. The Labute approximate surface area is 123 Å². The lowest BCUT2D eigenvalue weighted by atomic mass is 10.0. The van der Waals surface area contributed by atoms with Gasteiger partial charge in [-0.3, -0.25) is 4.79 Å². The maximum atomic E-state index is 12.4. The number of fused-ring (bicyclic) bond motifs is 1. The van der Waals surface area contributed by atoms with E-state index in [9.17, 15) is 4.79 Å². The van der Waals surface area contributed by atoms with Gasteiger partial charge in [-0.05, 0) is 37.1 Å². The van der Waals surface area contributed by atoms with Gasteiger partial charge in [0.2, 0.25) is 0 Å². The third-order valence-electron chi connectivity index (χ3n) is 3.54. The van der Waals surface area contributed by atoms with Gasteiger partial charge in [0.1, 0.15) is 0 Å². The highest BCUT2D eigenvalue weighted by atomic mass is 32.2. The van der Waals surface area contributed by atoms with E-state index >= 15 is 0 Å². The molecule has 0 saturated carbocycles. The van der Waals surface area contributed by atoms with Crippen molar-refractivity contribution in [2.75, 3.05) is 5.75 Å². The van der Waals surface area contributed by atoms with E-state index in [4.69, 9.17) is 0 Å². The van der Waals surface area contributed by atoms with Crippen LogP contribution in [0.15, 0.2) is 53.4 Å². The summed E-state index contributed by atoms with van der Waals surface area (Å²) < 4.78 is 0. The van der Waals surface area contributed by atoms with Gasteiger partial charge < -0.3 is 5.32 Å². The number of aryl methyl sites for hydroxylation is 1. The van der Waals surface area contributed by atoms with Crippen molar-refractivity contribution < 1.29 is 4.79 Å². The van der Waals surface area contributed by atoms with Crippen molar-refractivity contribution in [3.63, 3.8) is 0 Å². The predicted molar refractivity (Wildman–Crippen MR) is 83.2 cm³/mol. The van der Waals surface area contributed by atoms with Gasteiger partial charge in [0.05, 0.1) is 6.04 Å². The van der Waals surface area contributed by atoms with Gasteiger partial charge in [-0.1, -0.05) is 35.9 Å². The standard InChI is InChI=1S/C17H17NOS/c1-12-5-4-6-13(11-12)17(19)18-15-9-10-20-16-8-3-2-7-14(15)16/h2-8,11,15H,9-10H2,1H3,(H,18,19)/t15-/m0/s1. The summed E-state index contributed by atoms with van der Waals surface area (Å²) in [5.41, 5.74) is 3.09. The molecule has 20 heavy (non-hydrogen) atoms. The monoisotopic (exact) mass is 283 g/mol. The molecule has 1 heterocycles. The lowest BCUT2D eigenvalue weighted by Crippen LogP contribution is -2.30. The zero-order chi connectivity index (χ0) is 13.9. The summed E-state index contributed by atoms with van der Waals surface area (Å²) in [6.45, 7) is 2.00. The number of carbonyl (C=O) groups excluding carboxylic acids is 1. The van der Waals surface area contributed by atoms with Crippen molar-refractivity contribution in [3.05, 3.63) is 65.2 Å². The Morgan fingerprint density at radius 2 is 2.05 bits per heavy atom. The molecular formula is C17H17NOS. The van der Waals surface area contributed by atoms with E-state index in [-0.39, 0.29) is 11.9 Å². The van der Waals surface area contributed by atoms with Crippen LogP contribution in [-0.4, -0.2) is 11.7 Å². The maximum absolute atomic E-state index is 12.4. The van der Waals surface area contributed by atoms with Crippen molar-refractivity contribution in [3.8, 4) is 0 Å². The van der Waals surface area contributed by atoms with Gasteiger partial charge in [-0.2, -0.15) is 0 Å². The molecule has 0 aliphatic carbocycles. The fourth-order valence-electron chi connectivity index (χ4n) is 2.52. The summed E-state index contributed by atoms with van der Waals surface area (Å²) in [5.74, 6) is 1.07. The van der Waals surface area contributed by atoms with E-state index in [1.807, 2.05) is 49.0 Å². The Morgan fingerprint density at radius 1 is 1.20 bits per heavy atom. The molecule has 3 rings (SSSR count). The highest BCUT2D eigenvalue weighted by molar-refractivity contribution is 7.99. The summed E-state index contributed by atoms with van der Waals surface area (Å²) >= 11 is 1.87. The third-order valence-corrected chi connectivity index (χ3v) is 4.67. The quantitative estimate of drug-likeness (QED) is 0.904. The van der Waals surface area contributed by atoms with Gasteiger partial charge >= 0.3 is 0 Å². The molecule has 0 aromatic heterocycles.